The van der Waals surface area contributed by atoms with E-state index in [1.54, 1.807) is 0 Å². The van der Waals surface area contributed by atoms with Crippen LogP contribution >= 0.6 is 15.9 Å². The fraction of sp³-hybridized carbons (Fsp3) is 0.0769. The second-order valence-electron chi connectivity index (χ2n) is 3.45. The molecule has 0 aliphatic heterocycles. The molecule has 15 heavy (non-hydrogen) atoms. The van der Waals surface area contributed by atoms with Gasteiger partial charge in [0.05, 0.1) is 0 Å². The number of halogens is 1. The third-order valence-corrected chi connectivity index (χ3v) is 3.00. The number of rotatable bonds is 2. The molecule has 2 rings (SSSR count). The highest BCUT2D eigenvalue weighted by atomic mass is 79.9. The summed E-state index contributed by atoms with van der Waals surface area (Å²) in [5, 5.41) is 0.898. The van der Waals surface area contributed by atoms with Gasteiger partial charge in [-0.25, -0.2) is 0 Å². The summed E-state index contributed by atoms with van der Waals surface area (Å²) in [6.07, 6.45) is 0. The molecule has 0 fully saturated rings. The molecule has 1 nitrogen and oxygen atoms in total. The minimum atomic E-state index is 0.802. The second kappa shape index (κ2) is 4.49. The van der Waals surface area contributed by atoms with Gasteiger partial charge in [0, 0.05) is 11.0 Å². The van der Waals surface area contributed by atoms with Crippen LogP contribution in [0.3, 0.4) is 0 Å². The molecule has 0 aromatic heterocycles. The smallest absolute Gasteiger partial charge is 0.0314 e. The maximum absolute atomic E-state index is 5.64. The summed E-state index contributed by atoms with van der Waals surface area (Å²) in [5.74, 6) is 0. The van der Waals surface area contributed by atoms with Gasteiger partial charge >= 0.3 is 0 Å². The lowest BCUT2D eigenvalue weighted by Crippen LogP contribution is -1.84. The van der Waals surface area contributed by atoms with Crippen molar-refractivity contribution in [3.8, 4) is 11.1 Å². The number of nitrogen functional groups attached to an aromatic ring is 1. The molecule has 0 spiro atoms. The minimum absolute atomic E-state index is 0.802. The number of benzene rings is 2. The van der Waals surface area contributed by atoms with Crippen molar-refractivity contribution in [1.82, 2.24) is 0 Å². The van der Waals surface area contributed by atoms with E-state index in [2.05, 4.69) is 40.2 Å². The van der Waals surface area contributed by atoms with Crippen LogP contribution in [0.1, 0.15) is 5.56 Å². The first kappa shape index (κ1) is 10.2. The Hall–Kier alpha value is -1.28. The first-order valence-electron chi connectivity index (χ1n) is 4.80. The van der Waals surface area contributed by atoms with E-state index in [-0.39, 0.29) is 0 Å². The molecule has 2 N–H and O–H groups in total. The summed E-state index contributed by atoms with van der Waals surface area (Å²) in [7, 11) is 0. The highest BCUT2D eigenvalue weighted by Crippen LogP contribution is 2.21. The average molecular weight is 262 g/mol. The summed E-state index contributed by atoms with van der Waals surface area (Å²) in [6.45, 7) is 0. The van der Waals surface area contributed by atoms with Crippen LogP contribution in [0.4, 0.5) is 5.69 Å². The van der Waals surface area contributed by atoms with Crippen LogP contribution in [0.5, 0.6) is 0 Å². The monoisotopic (exact) mass is 261 g/mol. The second-order valence-corrected chi connectivity index (χ2v) is 4.01. The van der Waals surface area contributed by atoms with Crippen molar-refractivity contribution in [1.29, 1.82) is 0 Å². The Morgan fingerprint density at radius 2 is 1.27 bits per heavy atom. The van der Waals surface area contributed by atoms with Gasteiger partial charge in [0.1, 0.15) is 0 Å². The SMILES string of the molecule is Nc1ccc(-c2ccc(CBr)cc2)cc1. The highest BCUT2D eigenvalue weighted by molar-refractivity contribution is 9.08. The fourth-order valence-corrected chi connectivity index (χ4v) is 1.84. The van der Waals surface area contributed by atoms with Crippen LogP contribution in [0.25, 0.3) is 11.1 Å². The zero-order valence-electron chi connectivity index (χ0n) is 8.28. The van der Waals surface area contributed by atoms with E-state index in [1.807, 2.05) is 24.3 Å². The standard InChI is InChI=1S/C13H12BrN/c14-9-10-1-3-11(4-2-10)12-5-7-13(15)8-6-12/h1-8H,9,15H2. The molecule has 0 radical (unpaired) electrons. The van der Waals surface area contributed by atoms with E-state index in [4.69, 9.17) is 5.73 Å². The lowest BCUT2D eigenvalue weighted by Gasteiger charge is -2.03. The van der Waals surface area contributed by atoms with Gasteiger partial charge < -0.3 is 5.73 Å². The third kappa shape index (κ3) is 2.39. The Morgan fingerprint density at radius 3 is 1.73 bits per heavy atom. The number of nitrogens with two attached hydrogens (primary N) is 1. The van der Waals surface area contributed by atoms with Crippen LogP contribution < -0.4 is 5.73 Å². The van der Waals surface area contributed by atoms with Crippen molar-refractivity contribution < 1.29 is 0 Å². The van der Waals surface area contributed by atoms with Gasteiger partial charge in [-0.05, 0) is 28.8 Å². The number of alkyl halides is 1. The van der Waals surface area contributed by atoms with Gasteiger partial charge in [-0.15, -0.1) is 0 Å². The molecule has 0 heterocycles. The van der Waals surface area contributed by atoms with Gasteiger partial charge in [-0.2, -0.15) is 0 Å². The summed E-state index contributed by atoms with van der Waals surface area (Å²) in [6, 6.07) is 16.4. The molecule has 2 aromatic carbocycles. The molecule has 0 atom stereocenters. The van der Waals surface area contributed by atoms with Crippen molar-refractivity contribution in [2.45, 2.75) is 5.33 Å². The van der Waals surface area contributed by atoms with Crippen molar-refractivity contribution in [2.75, 3.05) is 5.73 Å². The number of anilines is 1. The molecule has 0 aliphatic carbocycles. The van der Waals surface area contributed by atoms with E-state index >= 15 is 0 Å². The van der Waals surface area contributed by atoms with Crippen LogP contribution in [-0.4, -0.2) is 0 Å². The molecule has 0 aliphatic rings. The molecule has 2 heteroatoms. The van der Waals surface area contributed by atoms with Gasteiger partial charge in [0.15, 0.2) is 0 Å². The molecule has 0 unspecified atom stereocenters. The van der Waals surface area contributed by atoms with Crippen LogP contribution in [0, 0.1) is 0 Å². The first-order valence-corrected chi connectivity index (χ1v) is 5.92. The van der Waals surface area contributed by atoms with Crippen molar-refractivity contribution in [3.63, 3.8) is 0 Å². The molecular formula is C13H12BrN. The molecular weight excluding hydrogens is 250 g/mol. The lowest BCUT2D eigenvalue weighted by molar-refractivity contribution is 1.44. The maximum Gasteiger partial charge on any atom is 0.0314 e. The normalized spacial score (nSPS) is 10.2. The molecule has 0 saturated heterocycles. The van der Waals surface area contributed by atoms with E-state index in [0.717, 1.165) is 11.0 Å². The maximum atomic E-state index is 5.64. The lowest BCUT2D eigenvalue weighted by atomic mass is 10.0. The molecule has 0 amide bonds. The predicted molar refractivity (Wildman–Crippen MR) is 68.9 cm³/mol. The minimum Gasteiger partial charge on any atom is -0.399 e. The van der Waals surface area contributed by atoms with Crippen LogP contribution in [-0.2, 0) is 5.33 Å². The van der Waals surface area contributed by atoms with E-state index in [9.17, 15) is 0 Å². The quantitative estimate of drug-likeness (QED) is 0.646. The fourth-order valence-electron chi connectivity index (χ4n) is 1.46. The topological polar surface area (TPSA) is 26.0 Å². The van der Waals surface area contributed by atoms with Gasteiger partial charge in [0.2, 0.25) is 0 Å². The van der Waals surface area contributed by atoms with Gasteiger partial charge in [0.25, 0.3) is 0 Å². The number of hydrogen-bond donors (Lipinski definition) is 1. The molecule has 0 saturated carbocycles. The predicted octanol–water partition coefficient (Wildman–Crippen LogP) is 3.83. The Bertz CT molecular complexity index is 431. The largest absolute Gasteiger partial charge is 0.399 e. The average Bonchev–Trinajstić information content (AvgIpc) is 2.30. The van der Waals surface area contributed by atoms with Crippen molar-refractivity contribution >= 4 is 21.6 Å². The van der Waals surface area contributed by atoms with E-state index < -0.39 is 0 Å². The molecule has 2 aromatic rings. The van der Waals surface area contributed by atoms with Crippen LogP contribution in [0.15, 0.2) is 48.5 Å². The Balaban J connectivity index is 2.33. The zero-order valence-corrected chi connectivity index (χ0v) is 9.87. The molecule has 76 valence electrons. The highest BCUT2D eigenvalue weighted by Gasteiger charge is 1.97. The Morgan fingerprint density at radius 1 is 0.800 bits per heavy atom. The van der Waals surface area contributed by atoms with Crippen molar-refractivity contribution in [2.24, 2.45) is 0 Å². The summed E-state index contributed by atoms with van der Waals surface area (Å²) < 4.78 is 0. The van der Waals surface area contributed by atoms with E-state index in [0.29, 0.717) is 0 Å². The summed E-state index contributed by atoms with van der Waals surface area (Å²) in [5.41, 5.74) is 10.2. The zero-order chi connectivity index (χ0) is 10.7. The van der Waals surface area contributed by atoms with Crippen molar-refractivity contribution in [3.05, 3.63) is 54.1 Å². The Labute approximate surface area is 98.1 Å². The van der Waals surface area contributed by atoms with Crippen LogP contribution in [0.2, 0.25) is 0 Å². The van der Waals surface area contributed by atoms with Gasteiger partial charge in [-0.3, -0.25) is 0 Å². The number of hydrogen-bond acceptors (Lipinski definition) is 1. The third-order valence-electron chi connectivity index (χ3n) is 2.35. The summed E-state index contributed by atoms with van der Waals surface area (Å²) in [4.78, 5) is 0. The van der Waals surface area contributed by atoms with Gasteiger partial charge in [-0.1, -0.05) is 52.3 Å². The first-order chi connectivity index (χ1) is 7.29. The molecule has 0 bridgehead atoms. The Kier molecular flexibility index (Phi) is 3.07. The van der Waals surface area contributed by atoms with E-state index in [1.165, 1.54) is 16.7 Å². The summed E-state index contributed by atoms with van der Waals surface area (Å²) >= 11 is 3.43.